The molecule has 7 nitrogen and oxygen atoms in total. The number of aromatic nitrogens is 1. The summed E-state index contributed by atoms with van der Waals surface area (Å²) in [4.78, 5) is 14.3. The van der Waals surface area contributed by atoms with Crippen LogP contribution in [-0.2, 0) is 0 Å². The fourth-order valence-corrected chi connectivity index (χ4v) is 1.36. The first-order chi connectivity index (χ1) is 9.13. The number of nitrogens with zero attached hydrogens (tertiary/aromatic N) is 3. The number of anilines is 2. The van der Waals surface area contributed by atoms with Crippen molar-refractivity contribution in [2.75, 3.05) is 5.32 Å². The third-order valence-electron chi connectivity index (χ3n) is 2.24. The summed E-state index contributed by atoms with van der Waals surface area (Å²) in [6, 6.07) is 8.25. The van der Waals surface area contributed by atoms with E-state index >= 15 is 0 Å². The van der Waals surface area contributed by atoms with Crippen molar-refractivity contribution in [1.82, 2.24) is 4.98 Å². The largest absolute Gasteiger partial charge is 0.476 e. The number of carboxylic acid groups (broad SMARTS) is 1. The number of hydrogen-bond donors (Lipinski definition) is 2. The van der Waals surface area contributed by atoms with E-state index in [1.807, 2.05) is 12.1 Å². The van der Waals surface area contributed by atoms with Crippen LogP contribution in [0.5, 0.6) is 0 Å². The van der Waals surface area contributed by atoms with E-state index in [1.54, 1.807) is 6.07 Å². The van der Waals surface area contributed by atoms with Crippen LogP contribution in [-0.4, -0.2) is 16.1 Å². The summed E-state index contributed by atoms with van der Waals surface area (Å²) in [7, 11) is 0. The highest BCUT2D eigenvalue weighted by molar-refractivity contribution is 5.85. The normalized spacial score (nSPS) is 9.37. The summed E-state index contributed by atoms with van der Waals surface area (Å²) in [6.07, 6.45) is 1.000. The van der Waals surface area contributed by atoms with Gasteiger partial charge in [0.25, 0.3) is 6.01 Å². The van der Waals surface area contributed by atoms with Crippen LogP contribution < -0.4 is 5.32 Å². The summed E-state index contributed by atoms with van der Waals surface area (Å²) >= 11 is 0. The average Bonchev–Trinajstić information content (AvgIpc) is 2.87. The predicted octanol–water partition coefficient (Wildman–Crippen LogP) is 1.86. The number of carboxylic acids is 1. The van der Waals surface area contributed by atoms with Gasteiger partial charge in [-0.05, 0) is 18.2 Å². The molecular formula is C12H6N4O3. The van der Waals surface area contributed by atoms with E-state index in [2.05, 4.69) is 10.3 Å². The molecule has 0 spiro atoms. The lowest BCUT2D eigenvalue weighted by Crippen LogP contribution is -1.97. The molecule has 0 atom stereocenters. The van der Waals surface area contributed by atoms with Crippen molar-refractivity contribution >= 4 is 17.7 Å². The minimum Gasteiger partial charge on any atom is -0.476 e. The lowest BCUT2D eigenvalue weighted by molar-refractivity contribution is 0.0690. The Morgan fingerprint density at radius 3 is 2.63 bits per heavy atom. The second-order valence-electron chi connectivity index (χ2n) is 3.45. The smallest absolute Gasteiger partial charge is 0.357 e. The highest BCUT2D eigenvalue weighted by Gasteiger charge is 2.11. The first kappa shape index (κ1) is 12.1. The Hall–Kier alpha value is -3.32. The number of hydrogen-bond acceptors (Lipinski definition) is 6. The summed E-state index contributed by atoms with van der Waals surface area (Å²) < 4.78 is 4.91. The van der Waals surface area contributed by atoms with E-state index in [0.29, 0.717) is 5.69 Å². The molecule has 2 N–H and O–H groups in total. The molecule has 2 rings (SSSR count). The van der Waals surface area contributed by atoms with Crippen molar-refractivity contribution in [3.63, 3.8) is 0 Å². The molecule has 0 aliphatic heterocycles. The van der Waals surface area contributed by atoms with Crippen LogP contribution in [0.15, 0.2) is 28.9 Å². The van der Waals surface area contributed by atoms with Gasteiger partial charge < -0.3 is 14.8 Å². The molecular weight excluding hydrogens is 248 g/mol. The Kier molecular flexibility index (Phi) is 3.13. The summed E-state index contributed by atoms with van der Waals surface area (Å²) in [5, 5.41) is 29.0. The molecule has 0 bridgehead atoms. The quantitative estimate of drug-likeness (QED) is 0.856. The number of carbonyl (C=O) groups is 1. The maximum absolute atomic E-state index is 10.6. The van der Waals surface area contributed by atoms with Crippen LogP contribution in [0.2, 0.25) is 0 Å². The van der Waals surface area contributed by atoms with Crippen LogP contribution in [0.25, 0.3) is 0 Å². The van der Waals surface area contributed by atoms with Gasteiger partial charge in [-0.15, -0.1) is 0 Å². The van der Waals surface area contributed by atoms with E-state index in [4.69, 9.17) is 20.0 Å². The standard InChI is InChI=1S/C12H6N4O3/c13-4-7-1-2-9(3-8(7)5-14)15-12-16-10(6-19-12)11(17)18/h1-3,6H,(H,15,16)(H,17,18). The van der Waals surface area contributed by atoms with Crippen molar-refractivity contribution in [2.24, 2.45) is 0 Å². The second-order valence-corrected chi connectivity index (χ2v) is 3.45. The number of benzene rings is 1. The van der Waals surface area contributed by atoms with Gasteiger partial charge in [0.15, 0.2) is 5.69 Å². The Bertz CT molecular complexity index is 721. The minimum atomic E-state index is -1.20. The van der Waals surface area contributed by atoms with Gasteiger partial charge in [0, 0.05) is 5.69 Å². The first-order valence-electron chi connectivity index (χ1n) is 5.04. The number of aromatic carboxylic acids is 1. The zero-order chi connectivity index (χ0) is 13.8. The number of rotatable bonds is 3. The van der Waals surface area contributed by atoms with Crippen molar-refractivity contribution in [3.05, 3.63) is 41.3 Å². The van der Waals surface area contributed by atoms with Gasteiger partial charge in [0.2, 0.25) is 0 Å². The monoisotopic (exact) mass is 254 g/mol. The lowest BCUT2D eigenvalue weighted by Gasteiger charge is -2.02. The predicted molar refractivity (Wildman–Crippen MR) is 62.6 cm³/mol. The molecule has 0 saturated carbocycles. The van der Waals surface area contributed by atoms with Crippen LogP contribution in [0.3, 0.4) is 0 Å². The Morgan fingerprint density at radius 2 is 2.05 bits per heavy atom. The minimum absolute atomic E-state index is 0.00834. The number of nitrogens with one attached hydrogen (secondary N) is 1. The van der Waals surface area contributed by atoms with Crippen molar-refractivity contribution in [3.8, 4) is 12.1 Å². The molecule has 1 aromatic carbocycles. The second kappa shape index (κ2) is 4.90. The molecule has 0 saturated heterocycles. The van der Waals surface area contributed by atoms with Crippen molar-refractivity contribution in [2.45, 2.75) is 0 Å². The van der Waals surface area contributed by atoms with E-state index in [-0.39, 0.29) is 22.8 Å². The molecule has 92 valence electrons. The van der Waals surface area contributed by atoms with Gasteiger partial charge in [0.05, 0.1) is 11.1 Å². The van der Waals surface area contributed by atoms with E-state index in [0.717, 1.165) is 6.26 Å². The van der Waals surface area contributed by atoms with Gasteiger partial charge in [-0.2, -0.15) is 15.5 Å². The molecule has 2 aromatic rings. The van der Waals surface area contributed by atoms with Crippen LogP contribution in [0, 0.1) is 22.7 Å². The maximum Gasteiger partial charge on any atom is 0.357 e. The van der Waals surface area contributed by atoms with Crippen LogP contribution in [0.4, 0.5) is 11.7 Å². The summed E-state index contributed by atoms with van der Waals surface area (Å²) in [5.41, 5.74) is 0.704. The molecule has 0 amide bonds. The Labute approximate surface area is 107 Å². The van der Waals surface area contributed by atoms with Gasteiger partial charge in [-0.3, -0.25) is 0 Å². The molecule has 0 aliphatic rings. The molecule has 0 unspecified atom stereocenters. The summed E-state index contributed by atoms with van der Waals surface area (Å²) in [5.74, 6) is -1.20. The van der Waals surface area contributed by atoms with E-state index in [9.17, 15) is 4.79 Å². The van der Waals surface area contributed by atoms with Gasteiger partial charge in [0.1, 0.15) is 18.4 Å². The zero-order valence-corrected chi connectivity index (χ0v) is 9.41. The number of nitriles is 2. The zero-order valence-electron chi connectivity index (χ0n) is 9.41. The SMILES string of the molecule is N#Cc1ccc(Nc2nc(C(=O)O)co2)cc1C#N. The third-order valence-corrected chi connectivity index (χ3v) is 2.24. The van der Waals surface area contributed by atoms with Crippen molar-refractivity contribution < 1.29 is 14.3 Å². The fourth-order valence-electron chi connectivity index (χ4n) is 1.36. The van der Waals surface area contributed by atoms with Gasteiger partial charge in [-0.1, -0.05) is 0 Å². The topological polar surface area (TPSA) is 123 Å². The molecule has 0 fully saturated rings. The Morgan fingerprint density at radius 1 is 1.32 bits per heavy atom. The summed E-state index contributed by atoms with van der Waals surface area (Å²) in [6.45, 7) is 0. The van der Waals surface area contributed by atoms with E-state index < -0.39 is 5.97 Å². The highest BCUT2D eigenvalue weighted by atomic mass is 16.4. The fraction of sp³-hybridized carbons (Fsp3) is 0. The van der Waals surface area contributed by atoms with E-state index in [1.165, 1.54) is 12.1 Å². The Balaban J connectivity index is 2.26. The van der Waals surface area contributed by atoms with Crippen LogP contribution >= 0.6 is 0 Å². The third kappa shape index (κ3) is 2.51. The lowest BCUT2D eigenvalue weighted by atomic mass is 10.1. The molecule has 19 heavy (non-hydrogen) atoms. The van der Waals surface area contributed by atoms with Crippen LogP contribution in [0.1, 0.15) is 21.6 Å². The molecule has 1 aromatic heterocycles. The molecule has 0 aliphatic carbocycles. The number of oxazole rings is 1. The molecule has 0 radical (unpaired) electrons. The van der Waals surface area contributed by atoms with Gasteiger partial charge in [-0.25, -0.2) is 4.79 Å². The maximum atomic E-state index is 10.6. The average molecular weight is 254 g/mol. The first-order valence-corrected chi connectivity index (χ1v) is 5.04. The van der Waals surface area contributed by atoms with Gasteiger partial charge >= 0.3 is 5.97 Å². The molecule has 1 heterocycles. The highest BCUT2D eigenvalue weighted by Crippen LogP contribution is 2.19. The van der Waals surface area contributed by atoms with Crippen molar-refractivity contribution in [1.29, 1.82) is 10.5 Å². The molecule has 7 heteroatoms.